The van der Waals surface area contributed by atoms with Gasteiger partial charge in [-0.25, -0.2) is 14.6 Å². The standard InChI is InChI=1S/C19H17N5O4/c1-2-28-13(10-25)9-21-19(27)22-12-3-4-14-11(7-12)8-15-16(14)23-18(26)17-20-5-6-24(15)17/h3-7H,2,8-9H2,1H3,(H,23,26)(H2,21,22,27). The number of amides is 2. The largest absolute Gasteiger partial charge is 0.485 e. The zero-order valence-corrected chi connectivity index (χ0v) is 15.0. The lowest BCUT2D eigenvalue weighted by atomic mass is 10.1. The molecule has 0 atom stereocenters. The number of nitrogens with one attached hydrogen (secondary N) is 3. The number of anilines is 1. The predicted octanol–water partition coefficient (Wildman–Crippen LogP) is 1.47. The van der Waals surface area contributed by atoms with E-state index in [1.165, 1.54) is 0 Å². The summed E-state index contributed by atoms with van der Waals surface area (Å²) >= 11 is 0. The minimum Gasteiger partial charge on any atom is -0.485 e. The van der Waals surface area contributed by atoms with Crippen LogP contribution >= 0.6 is 0 Å². The van der Waals surface area contributed by atoms with Crippen molar-refractivity contribution in [2.24, 2.45) is 0 Å². The van der Waals surface area contributed by atoms with Crippen LogP contribution in [0.1, 0.15) is 18.2 Å². The first-order valence-corrected chi connectivity index (χ1v) is 8.74. The molecule has 0 spiro atoms. The molecule has 2 aromatic heterocycles. The van der Waals surface area contributed by atoms with Gasteiger partial charge in [-0.15, -0.1) is 0 Å². The van der Waals surface area contributed by atoms with Crippen LogP contribution in [0.15, 0.2) is 41.1 Å². The van der Waals surface area contributed by atoms with Crippen LogP contribution in [-0.2, 0) is 16.0 Å². The Hall–Kier alpha value is -3.84. The van der Waals surface area contributed by atoms with Gasteiger partial charge >= 0.3 is 6.03 Å². The number of aromatic amines is 1. The number of urea groups is 1. The molecular formula is C19H17N5O4. The molecule has 0 bridgehead atoms. The number of H-pyrrole nitrogens is 1. The van der Waals surface area contributed by atoms with Crippen molar-refractivity contribution in [3.8, 4) is 11.3 Å². The Kier molecular flexibility index (Phi) is 4.42. The van der Waals surface area contributed by atoms with Crippen molar-refractivity contribution >= 4 is 23.3 Å². The maximum Gasteiger partial charge on any atom is 0.319 e. The van der Waals surface area contributed by atoms with E-state index in [0.29, 0.717) is 24.4 Å². The Balaban J connectivity index is 1.52. The van der Waals surface area contributed by atoms with Gasteiger partial charge in [0.05, 0.1) is 24.5 Å². The number of nitrogens with zero attached hydrogens (tertiary/aromatic N) is 2. The molecule has 9 nitrogen and oxygen atoms in total. The summed E-state index contributed by atoms with van der Waals surface area (Å²) in [6, 6.07) is 5.00. The Bertz CT molecular complexity index is 1190. The lowest BCUT2D eigenvalue weighted by Gasteiger charge is -2.10. The molecule has 0 saturated carbocycles. The van der Waals surface area contributed by atoms with Crippen molar-refractivity contribution in [3.63, 3.8) is 0 Å². The average Bonchev–Trinajstić information content (AvgIpc) is 3.30. The third-order valence-electron chi connectivity index (χ3n) is 4.49. The number of hydrogen-bond donors (Lipinski definition) is 3. The fraction of sp³-hybridized carbons (Fsp3) is 0.211. The summed E-state index contributed by atoms with van der Waals surface area (Å²) in [4.78, 5) is 41.9. The molecule has 1 aliphatic rings. The van der Waals surface area contributed by atoms with Gasteiger partial charge in [0.25, 0.3) is 5.56 Å². The summed E-state index contributed by atoms with van der Waals surface area (Å²) in [5.41, 5.74) is 4.31. The molecule has 2 heterocycles. The zero-order valence-electron chi connectivity index (χ0n) is 15.0. The summed E-state index contributed by atoms with van der Waals surface area (Å²) in [6.45, 7) is 2.02. The van der Waals surface area contributed by atoms with Gasteiger partial charge in [-0.1, -0.05) is 6.07 Å². The highest BCUT2D eigenvalue weighted by Gasteiger charge is 2.23. The van der Waals surface area contributed by atoms with Crippen LogP contribution in [0.4, 0.5) is 10.5 Å². The second kappa shape index (κ2) is 7.05. The third-order valence-corrected chi connectivity index (χ3v) is 4.49. The van der Waals surface area contributed by atoms with Crippen molar-refractivity contribution in [2.45, 2.75) is 13.3 Å². The summed E-state index contributed by atoms with van der Waals surface area (Å²) in [6.07, 6.45) is 3.96. The highest BCUT2D eigenvalue weighted by molar-refractivity contribution is 5.90. The number of fused-ring (bicyclic) bond motifs is 5. The van der Waals surface area contributed by atoms with E-state index in [-0.39, 0.29) is 17.9 Å². The quantitative estimate of drug-likeness (QED) is 0.358. The maximum atomic E-state index is 12.2. The molecule has 0 aliphatic heterocycles. The van der Waals surface area contributed by atoms with Crippen LogP contribution in [0.25, 0.3) is 16.9 Å². The molecule has 0 radical (unpaired) electrons. The van der Waals surface area contributed by atoms with Gasteiger partial charge in [0.1, 0.15) is 0 Å². The first kappa shape index (κ1) is 17.6. The molecular weight excluding hydrogens is 362 g/mol. The average molecular weight is 379 g/mol. The fourth-order valence-corrected chi connectivity index (χ4v) is 3.32. The molecule has 3 N–H and O–H groups in total. The summed E-state index contributed by atoms with van der Waals surface area (Å²) in [5, 5.41) is 5.27. The molecule has 142 valence electrons. The second-order valence-electron chi connectivity index (χ2n) is 6.21. The smallest absolute Gasteiger partial charge is 0.319 e. The molecule has 0 saturated heterocycles. The van der Waals surface area contributed by atoms with Crippen molar-refractivity contribution in [2.75, 3.05) is 18.5 Å². The van der Waals surface area contributed by atoms with E-state index in [9.17, 15) is 14.4 Å². The molecule has 0 fully saturated rings. The first-order chi connectivity index (χ1) is 13.6. The lowest BCUT2D eigenvalue weighted by molar-refractivity contribution is 0.221. The highest BCUT2D eigenvalue weighted by Crippen LogP contribution is 2.35. The number of rotatable bonds is 5. The SMILES string of the molecule is CCOC(=C=O)CNC(=O)Nc1ccc2c(c1)Cc1c-2[nH]c(=O)c2nccn12. The van der Waals surface area contributed by atoms with Crippen molar-refractivity contribution in [1.82, 2.24) is 19.7 Å². The predicted molar refractivity (Wildman–Crippen MR) is 102 cm³/mol. The number of carbonyl (C=O) groups is 1. The zero-order chi connectivity index (χ0) is 19.7. The molecule has 28 heavy (non-hydrogen) atoms. The molecule has 2 amide bonds. The minimum absolute atomic E-state index is 0.0374. The number of aromatic nitrogens is 3. The molecule has 1 aliphatic carbocycles. The Morgan fingerprint density at radius 2 is 2.29 bits per heavy atom. The van der Waals surface area contributed by atoms with Gasteiger partial charge in [0.15, 0.2) is 11.7 Å². The van der Waals surface area contributed by atoms with Gasteiger partial charge < -0.3 is 20.4 Å². The van der Waals surface area contributed by atoms with E-state index in [1.807, 2.05) is 12.1 Å². The van der Waals surface area contributed by atoms with E-state index >= 15 is 0 Å². The van der Waals surface area contributed by atoms with E-state index in [2.05, 4.69) is 20.6 Å². The van der Waals surface area contributed by atoms with Crippen molar-refractivity contribution < 1.29 is 14.3 Å². The normalized spacial score (nSPS) is 11.5. The van der Waals surface area contributed by atoms with Gasteiger partial charge in [0.2, 0.25) is 5.65 Å². The van der Waals surface area contributed by atoms with Crippen LogP contribution in [0.3, 0.4) is 0 Å². The van der Waals surface area contributed by atoms with E-state index in [0.717, 1.165) is 22.5 Å². The summed E-state index contributed by atoms with van der Waals surface area (Å²) < 4.78 is 6.83. The highest BCUT2D eigenvalue weighted by atomic mass is 16.5. The number of ether oxygens (including phenoxy) is 1. The van der Waals surface area contributed by atoms with Gasteiger partial charge in [-0.05, 0) is 24.6 Å². The summed E-state index contributed by atoms with van der Waals surface area (Å²) in [7, 11) is 0. The van der Waals surface area contributed by atoms with Crippen LogP contribution in [0.2, 0.25) is 0 Å². The molecule has 3 aromatic rings. The number of hydrogen-bond acceptors (Lipinski definition) is 5. The molecule has 1 aromatic carbocycles. The van der Waals surface area contributed by atoms with E-state index < -0.39 is 6.03 Å². The van der Waals surface area contributed by atoms with Crippen LogP contribution in [0, 0.1) is 0 Å². The number of carbonyl (C=O) groups excluding carboxylic acids is 2. The third kappa shape index (κ3) is 3.04. The number of imidazole rings is 1. The maximum absolute atomic E-state index is 12.2. The van der Waals surface area contributed by atoms with Gasteiger partial charge in [-0.2, -0.15) is 0 Å². The molecule has 4 rings (SSSR count). The van der Waals surface area contributed by atoms with Crippen LogP contribution in [-0.4, -0.2) is 39.5 Å². The summed E-state index contributed by atoms with van der Waals surface area (Å²) in [5.74, 6) is 1.69. The topological polar surface area (TPSA) is 118 Å². The Morgan fingerprint density at radius 3 is 3.07 bits per heavy atom. The molecule has 9 heteroatoms. The van der Waals surface area contributed by atoms with Crippen LogP contribution in [0.5, 0.6) is 0 Å². The Labute approximate surface area is 159 Å². The van der Waals surface area contributed by atoms with Gasteiger partial charge in [-0.3, -0.25) is 9.20 Å². The monoisotopic (exact) mass is 379 g/mol. The fourth-order valence-electron chi connectivity index (χ4n) is 3.32. The van der Waals surface area contributed by atoms with Crippen molar-refractivity contribution in [3.05, 3.63) is 58.0 Å². The lowest BCUT2D eigenvalue weighted by Crippen LogP contribution is -2.31. The minimum atomic E-state index is -0.465. The van der Waals surface area contributed by atoms with Gasteiger partial charge in [0, 0.05) is 30.1 Å². The van der Waals surface area contributed by atoms with Crippen LogP contribution < -0.4 is 16.2 Å². The van der Waals surface area contributed by atoms with E-state index in [4.69, 9.17) is 4.74 Å². The van der Waals surface area contributed by atoms with E-state index in [1.54, 1.807) is 35.7 Å². The first-order valence-electron chi connectivity index (χ1n) is 8.74. The molecule has 0 unspecified atom stereocenters. The Morgan fingerprint density at radius 1 is 1.43 bits per heavy atom. The second-order valence-corrected chi connectivity index (χ2v) is 6.21. The number of benzene rings is 1. The van der Waals surface area contributed by atoms with Crippen molar-refractivity contribution in [1.29, 1.82) is 0 Å².